The standard InChI is InChI=1S/C14H19N5/c1-10-11(2)17-18-14(16-10)19(3)9-13-6-4-5-12(7-13)8-15/h4-7H,8-9,15H2,1-3H3. The van der Waals surface area contributed by atoms with E-state index in [0.29, 0.717) is 12.5 Å². The predicted octanol–water partition coefficient (Wildman–Crippen LogP) is 1.58. The first-order valence-electron chi connectivity index (χ1n) is 6.27. The third kappa shape index (κ3) is 3.26. The zero-order valence-electron chi connectivity index (χ0n) is 11.6. The van der Waals surface area contributed by atoms with E-state index in [2.05, 4.69) is 27.3 Å². The van der Waals surface area contributed by atoms with E-state index in [4.69, 9.17) is 5.73 Å². The zero-order chi connectivity index (χ0) is 13.8. The molecule has 0 spiro atoms. The van der Waals surface area contributed by atoms with Crippen LogP contribution in [-0.2, 0) is 13.1 Å². The molecule has 1 aromatic carbocycles. The number of aromatic nitrogens is 3. The molecule has 0 unspecified atom stereocenters. The van der Waals surface area contributed by atoms with Crippen molar-refractivity contribution in [2.75, 3.05) is 11.9 Å². The highest BCUT2D eigenvalue weighted by atomic mass is 15.3. The first-order chi connectivity index (χ1) is 9.10. The molecule has 0 aliphatic rings. The van der Waals surface area contributed by atoms with Crippen LogP contribution in [0.5, 0.6) is 0 Å². The van der Waals surface area contributed by atoms with Crippen molar-refractivity contribution >= 4 is 5.95 Å². The third-order valence-electron chi connectivity index (χ3n) is 3.07. The van der Waals surface area contributed by atoms with Crippen molar-refractivity contribution in [3.05, 3.63) is 46.8 Å². The molecule has 0 aliphatic carbocycles. The molecule has 0 saturated carbocycles. The van der Waals surface area contributed by atoms with Crippen LogP contribution in [0.4, 0.5) is 5.95 Å². The van der Waals surface area contributed by atoms with Crippen molar-refractivity contribution in [2.45, 2.75) is 26.9 Å². The summed E-state index contributed by atoms with van der Waals surface area (Å²) in [6.45, 7) is 5.14. The minimum Gasteiger partial charge on any atom is -0.338 e. The molecule has 0 aliphatic heterocycles. The van der Waals surface area contributed by atoms with Crippen LogP contribution in [0.25, 0.3) is 0 Å². The molecule has 2 aromatic rings. The summed E-state index contributed by atoms with van der Waals surface area (Å²) in [7, 11) is 1.96. The average molecular weight is 257 g/mol. The summed E-state index contributed by atoms with van der Waals surface area (Å²) in [6, 6.07) is 8.22. The van der Waals surface area contributed by atoms with Crippen molar-refractivity contribution in [1.82, 2.24) is 15.2 Å². The van der Waals surface area contributed by atoms with Crippen molar-refractivity contribution in [3.8, 4) is 0 Å². The third-order valence-corrected chi connectivity index (χ3v) is 3.07. The molecule has 2 N–H and O–H groups in total. The van der Waals surface area contributed by atoms with Crippen LogP contribution in [0.15, 0.2) is 24.3 Å². The van der Waals surface area contributed by atoms with Gasteiger partial charge >= 0.3 is 0 Å². The smallest absolute Gasteiger partial charge is 0.245 e. The Bertz CT molecular complexity index is 568. The summed E-state index contributed by atoms with van der Waals surface area (Å²) in [5, 5.41) is 8.22. The Morgan fingerprint density at radius 1 is 1.11 bits per heavy atom. The molecular weight excluding hydrogens is 238 g/mol. The van der Waals surface area contributed by atoms with E-state index in [1.54, 1.807) is 0 Å². The van der Waals surface area contributed by atoms with Gasteiger partial charge in [-0.25, -0.2) is 4.98 Å². The number of aryl methyl sites for hydroxylation is 2. The fourth-order valence-corrected chi connectivity index (χ4v) is 1.81. The van der Waals surface area contributed by atoms with Gasteiger partial charge in [-0.05, 0) is 25.0 Å². The Labute approximate surface area is 113 Å². The van der Waals surface area contributed by atoms with Crippen molar-refractivity contribution in [3.63, 3.8) is 0 Å². The number of rotatable bonds is 4. The molecule has 2 rings (SSSR count). The van der Waals surface area contributed by atoms with Gasteiger partial charge < -0.3 is 10.6 Å². The first-order valence-corrected chi connectivity index (χ1v) is 6.27. The fourth-order valence-electron chi connectivity index (χ4n) is 1.81. The molecule has 0 bridgehead atoms. The highest BCUT2D eigenvalue weighted by molar-refractivity contribution is 5.32. The van der Waals surface area contributed by atoms with Crippen molar-refractivity contribution < 1.29 is 0 Å². The number of hydrogen-bond donors (Lipinski definition) is 1. The number of nitrogens with zero attached hydrogens (tertiary/aromatic N) is 4. The summed E-state index contributed by atoms with van der Waals surface area (Å²) in [5.74, 6) is 0.640. The van der Waals surface area contributed by atoms with Crippen LogP contribution in [0.1, 0.15) is 22.5 Å². The SMILES string of the molecule is Cc1nnc(N(C)Cc2cccc(CN)c2)nc1C. The number of hydrogen-bond acceptors (Lipinski definition) is 5. The van der Waals surface area contributed by atoms with E-state index in [9.17, 15) is 0 Å². The monoisotopic (exact) mass is 257 g/mol. The molecule has 0 fully saturated rings. The van der Waals surface area contributed by atoms with Gasteiger partial charge in [0, 0.05) is 20.1 Å². The van der Waals surface area contributed by atoms with Gasteiger partial charge in [0.15, 0.2) is 0 Å². The molecule has 0 radical (unpaired) electrons. The molecule has 0 saturated heterocycles. The summed E-state index contributed by atoms with van der Waals surface area (Å²) in [4.78, 5) is 6.42. The molecule has 1 heterocycles. The second-order valence-electron chi connectivity index (χ2n) is 4.66. The van der Waals surface area contributed by atoms with Crippen LogP contribution in [-0.4, -0.2) is 22.2 Å². The van der Waals surface area contributed by atoms with E-state index in [-0.39, 0.29) is 0 Å². The highest BCUT2D eigenvalue weighted by Gasteiger charge is 2.08. The summed E-state index contributed by atoms with van der Waals surface area (Å²) in [5.41, 5.74) is 9.74. The first kappa shape index (κ1) is 13.4. The number of benzene rings is 1. The van der Waals surface area contributed by atoms with Crippen LogP contribution in [0.2, 0.25) is 0 Å². The molecule has 5 nitrogen and oxygen atoms in total. The fraction of sp³-hybridized carbons (Fsp3) is 0.357. The van der Waals surface area contributed by atoms with E-state index in [0.717, 1.165) is 23.5 Å². The van der Waals surface area contributed by atoms with Crippen molar-refractivity contribution in [2.24, 2.45) is 5.73 Å². The topological polar surface area (TPSA) is 67.9 Å². The molecule has 0 atom stereocenters. The molecule has 19 heavy (non-hydrogen) atoms. The lowest BCUT2D eigenvalue weighted by Crippen LogP contribution is -2.20. The second-order valence-corrected chi connectivity index (χ2v) is 4.66. The number of nitrogens with two attached hydrogens (primary N) is 1. The predicted molar refractivity (Wildman–Crippen MR) is 75.7 cm³/mol. The average Bonchev–Trinajstić information content (AvgIpc) is 2.42. The Kier molecular flexibility index (Phi) is 4.06. The highest BCUT2D eigenvalue weighted by Crippen LogP contribution is 2.12. The molecule has 0 amide bonds. The maximum absolute atomic E-state index is 5.65. The van der Waals surface area contributed by atoms with Gasteiger partial charge in [-0.3, -0.25) is 0 Å². The molecule has 100 valence electrons. The van der Waals surface area contributed by atoms with Crippen LogP contribution < -0.4 is 10.6 Å². The lowest BCUT2D eigenvalue weighted by molar-refractivity contribution is 0.803. The lowest BCUT2D eigenvalue weighted by atomic mass is 10.1. The summed E-state index contributed by atoms with van der Waals surface area (Å²) >= 11 is 0. The summed E-state index contributed by atoms with van der Waals surface area (Å²) < 4.78 is 0. The largest absolute Gasteiger partial charge is 0.338 e. The molecular formula is C14H19N5. The van der Waals surface area contributed by atoms with E-state index < -0.39 is 0 Å². The maximum Gasteiger partial charge on any atom is 0.245 e. The Balaban J connectivity index is 2.15. The van der Waals surface area contributed by atoms with Gasteiger partial charge in [0.25, 0.3) is 0 Å². The Hall–Kier alpha value is -2.01. The van der Waals surface area contributed by atoms with E-state index in [1.165, 1.54) is 5.56 Å². The van der Waals surface area contributed by atoms with Gasteiger partial charge in [0.2, 0.25) is 5.95 Å². The van der Waals surface area contributed by atoms with Gasteiger partial charge in [-0.2, -0.15) is 5.10 Å². The normalized spacial score (nSPS) is 10.5. The van der Waals surface area contributed by atoms with E-state index in [1.807, 2.05) is 37.9 Å². The molecule has 1 aromatic heterocycles. The Morgan fingerprint density at radius 2 is 1.84 bits per heavy atom. The minimum atomic E-state index is 0.555. The van der Waals surface area contributed by atoms with Gasteiger partial charge in [-0.1, -0.05) is 24.3 Å². The number of anilines is 1. The summed E-state index contributed by atoms with van der Waals surface area (Å²) in [6.07, 6.45) is 0. The van der Waals surface area contributed by atoms with Crippen molar-refractivity contribution in [1.29, 1.82) is 0 Å². The van der Waals surface area contributed by atoms with Crippen LogP contribution in [0.3, 0.4) is 0 Å². The van der Waals surface area contributed by atoms with E-state index >= 15 is 0 Å². The lowest BCUT2D eigenvalue weighted by Gasteiger charge is -2.17. The Morgan fingerprint density at radius 3 is 2.53 bits per heavy atom. The quantitative estimate of drug-likeness (QED) is 0.900. The van der Waals surface area contributed by atoms with Gasteiger partial charge in [-0.15, -0.1) is 5.10 Å². The maximum atomic E-state index is 5.65. The zero-order valence-corrected chi connectivity index (χ0v) is 11.6. The van der Waals surface area contributed by atoms with Gasteiger partial charge in [0.05, 0.1) is 11.4 Å². The van der Waals surface area contributed by atoms with Crippen LogP contribution in [0, 0.1) is 13.8 Å². The molecule has 5 heteroatoms. The van der Waals surface area contributed by atoms with Crippen LogP contribution >= 0.6 is 0 Å². The minimum absolute atomic E-state index is 0.555. The van der Waals surface area contributed by atoms with Gasteiger partial charge in [0.1, 0.15) is 0 Å². The second kappa shape index (κ2) is 5.75.